The Bertz CT molecular complexity index is 509. The lowest BCUT2D eigenvalue weighted by molar-refractivity contribution is -0.0225. The number of fused-ring (bicyclic) bond motifs is 1. The summed E-state index contributed by atoms with van der Waals surface area (Å²) >= 11 is 0. The third-order valence-electron chi connectivity index (χ3n) is 7.67. The van der Waals surface area contributed by atoms with Crippen molar-refractivity contribution in [3.63, 3.8) is 0 Å². The van der Waals surface area contributed by atoms with Crippen molar-refractivity contribution < 1.29 is 9.76 Å². The molecule has 27 heavy (non-hydrogen) atoms. The summed E-state index contributed by atoms with van der Waals surface area (Å²) in [6.45, 7) is 6.96. The van der Waals surface area contributed by atoms with Gasteiger partial charge in [-0.3, -0.25) is 4.90 Å². The SMILES string of the molecule is CCCC(CCO[B][C@H]1C=C2CCC3CC1C[C@@H]23)C[C@H](O)N1CCNCC1. The molecule has 1 aliphatic heterocycles. The summed E-state index contributed by atoms with van der Waals surface area (Å²) < 4.78 is 6.06. The van der Waals surface area contributed by atoms with E-state index in [9.17, 15) is 5.11 Å². The molecule has 4 rings (SSSR count). The molecule has 3 fully saturated rings. The van der Waals surface area contributed by atoms with E-state index in [1.807, 2.05) is 0 Å². The number of aliphatic hydroxyl groups is 1. The van der Waals surface area contributed by atoms with Crippen LogP contribution in [-0.2, 0) is 4.65 Å². The van der Waals surface area contributed by atoms with Crippen LogP contribution in [0.5, 0.6) is 0 Å². The highest BCUT2D eigenvalue weighted by Gasteiger charge is 2.46. The van der Waals surface area contributed by atoms with Gasteiger partial charge < -0.3 is 15.1 Å². The molecule has 0 amide bonds. The highest BCUT2D eigenvalue weighted by molar-refractivity contribution is 6.30. The molecule has 3 unspecified atom stereocenters. The van der Waals surface area contributed by atoms with E-state index in [0.29, 0.717) is 11.7 Å². The Morgan fingerprint density at radius 1 is 1.26 bits per heavy atom. The van der Waals surface area contributed by atoms with Gasteiger partial charge in [-0.15, -0.1) is 0 Å². The molecule has 4 nitrogen and oxygen atoms in total. The number of allylic oxidation sites excluding steroid dienone is 2. The van der Waals surface area contributed by atoms with Crippen LogP contribution >= 0.6 is 0 Å². The summed E-state index contributed by atoms with van der Waals surface area (Å²) in [5.74, 6) is 3.87. The van der Waals surface area contributed by atoms with Crippen molar-refractivity contribution in [3.05, 3.63) is 11.6 Å². The van der Waals surface area contributed by atoms with Crippen molar-refractivity contribution in [2.24, 2.45) is 23.7 Å². The first-order valence-electron chi connectivity index (χ1n) is 11.5. The highest BCUT2D eigenvalue weighted by atomic mass is 16.4. The van der Waals surface area contributed by atoms with E-state index in [1.165, 1.54) is 38.5 Å². The van der Waals surface area contributed by atoms with Crippen LogP contribution in [0.2, 0.25) is 5.82 Å². The molecule has 1 radical (unpaired) electrons. The predicted octanol–water partition coefficient (Wildman–Crippen LogP) is 3.21. The van der Waals surface area contributed by atoms with Gasteiger partial charge in [0.05, 0.1) is 0 Å². The summed E-state index contributed by atoms with van der Waals surface area (Å²) in [5.41, 5.74) is 1.74. The summed E-state index contributed by atoms with van der Waals surface area (Å²) in [4.78, 5) is 2.23. The van der Waals surface area contributed by atoms with Gasteiger partial charge in [0.25, 0.3) is 7.48 Å². The number of rotatable bonds is 10. The van der Waals surface area contributed by atoms with Gasteiger partial charge in [0.2, 0.25) is 0 Å². The Balaban J connectivity index is 1.18. The minimum atomic E-state index is -0.290. The molecule has 5 heteroatoms. The Hall–Kier alpha value is -0.355. The molecule has 0 aromatic heterocycles. The molecule has 4 aliphatic rings. The molecule has 6 atom stereocenters. The van der Waals surface area contributed by atoms with Gasteiger partial charge in [0, 0.05) is 32.8 Å². The van der Waals surface area contributed by atoms with Crippen LogP contribution < -0.4 is 5.32 Å². The van der Waals surface area contributed by atoms with Gasteiger partial charge in [-0.05, 0) is 68.0 Å². The third-order valence-corrected chi connectivity index (χ3v) is 7.67. The molecule has 2 bridgehead atoms. The van der Waals surface area contributed by atoms with Gasteiger partial charge in [-0.2, -0.15) is 0 Å². The Labute approximate surface area is 166 Å². The van der Waals surface area contributed by atoms with Crippen LogP contribution in [-0.4, -0.2) is 56.5 Å². The molecule has 2 N–H and O–H groups in total. The van der Waals surface area contributed by atoms with E-state index in [1.54, 1.807) is 5.57 Å². The van der Waals surface area contributed by atoms with Gasteiger partial charge in [-0.25, -0.2) is 0 Å². The maximum atomic E-state index is 10.6. The van der Waals surface area contributed by atoms with Gasteiger partial charge in [-0.1, -0.05) is 31.4 Å². The third kappa shape index (κ3) is 4.80. The van der Waals surface area contributed by atoms with Crippen LogP contribution in [0.25, 0.3) is 0 Å². The molecular formula is C22H38BN2O2. The van der Waals surface area contributed by atoms with Crippen LogP contribution in [0.1, 0.15) is 58.3 Å². The lowest BCUT2D eigenvalue weighted by Gasteiger charge is -2.33. The molecule has 2 saturated carbocycles. The fourth-order valence-corrected chi connectivity index (χ4v) is 6.16. The van der Waals surface area contributed by atoms with Gasteiger partial charge in [0.1, 0.15) is 6.23 Å². The first-order valence-corrected chi connectivity index (χ1v) is 11.5. The number of piperazine rings is 1. The monoisotopic (exact) mass is 373 g/mol. The van der Waals surface area contributed by atoms with Crippen molar-refractivity contribution in [3.8, 4) is 0 Å². The van der Waals surface area contributed by atoms with Crippen molar-refractivity contribution in [1.82, 2.24) is 10.2 Å². The topological polar surface area (TPSA) is 44.7 Å². The van der Waals surface area contributed by atoms with Crippen LogP contribution in [0.15, 0.2) is 11.6 Å². The Morgan fingerprint density at radius 2 is 2.11 bits per heavy atom. The summed E-state index contributed by atoms with van der Waals surface area (Å²) in [6.07, 6.45) is 12.2. The lowest BCUT2D eigenvalue weighted by atomic mass is 9.66. The lowest BCUT2D eigenvalue weighted by Crippen LogP contribution is -2.48. The average molecular weight is 373 g/mol. The largest absolute Gasteiger partial charge is 0.440 e. The van der Waals surface area contributed by atoms with Crippen molar-refractivity contribution >= 4 is 7.48 Å². The fourth-order valence-electron chi connectivity index (χ4n) is 6.16. The molecule has 0 aromatic rings. The van der Waals surface area contributed by atoms with E-state index in [2.05, 4.69) is 30.7 Å². The van der Waals surface area contributed by atoms with Crippen LogP contribution in [0, 0.1) is 23.7 Å². The molecule has 0 spiro atoms. The summed E-state index contributed by atoms with van der Waals surface area (Å²) in [7, 11) is 2.16. The Kier molecular flexibility index (Phi) is 6.96. The summed E-state index contributed by atoms with van der Waals surface area (Å²) in [5, 5.41) is 14.0. The van der Waals surface area contributed by atoms with Crippen molar-refractivity contribution in [2.45, 2.75) is 70.3 Å². The number of aliphatic hydroxyl groups excluding tert-OH is 1. The van der Waals surface area contributed by atoms with Gasteiger partial charge >= 0.3 is 0 Å². The Morgan fingerprint density at radius 3 is 2.93 bits per heavy atom. The predicted molar refractivity (Wildman–Crippen MR) is 111 cm³/mol. The maximum absolute atomic E-state index is 10.6. The molecule has 151 valence electrons. The molecule has 0 aromatic carbocycles. The molecular weight excluding hydrogens is 335 g/mol. The maximum Gasteiger partial charge on any atom is 0.300 e. The second-order valence-electron chi connectivity index (χ2n) is 9.41. The van der Waals surface area contributed by atoms with Crippen LogP contribution in [0.3, 0.4) is 0 Å². The minimum Gasteiger partial charge on any atom is -0.440 e. The number of hydrogen-bond donors (Lipinski definition) is 2. The zero-order valence-electron chi connectivity index (χ0n) is 17.1. The molecule has 3 aliphatic carbocycles. The first kappa shape index (κ1) is 19.9. The van der Waals surface area contributed by atoms with E-state index in [0.717, 1.165) is 63.4 Å². The van der Waals surface area contributed by atoms with Crippen molar-refractivity contribution in [1.29, 1.82) is 0 Å². The summed E-state index contributed by atoms with van der Waals surface area (Å²) in [6, 6.07) is 0. The smallest absolute Gasteiger partial charge is 0.300 e. The second kappa shape index (κ2) is 9.43. The molecule has 1 saturated heterocycles. The van der Waals surface area contributed by atoms with E-state index >= 15 is 0 Å². The standard InChI is InChI=1S/C22H38BN2O2/c1-2-3-16(12-22(26)25-9-7-24-8-10-25)6-11-27-23-21-15-18-5-4-17-13-19(21)14-20(17)18/h15-17,19-22,24,26H,2-14H2,1H3/t16?,17?,19?,20-,21+,22+/m1/s1. The van der Waals surface area contributed by atoms with E-state index < -0.39 is 0 Å². The normalized spacial score (nSPS) is 35.1. The zero-order valence-corrected chi connectivity index (χ0v) is 17.1. The van der Waals surface area contributed by atoms with E-state index in [4.69, 9.17) is 4.65 Å². The van der Waals surface area contributed by atoms with Gasteiger partial charge in [0.15, 0.2) is 0 Å². The van der Waals surface area contributed by atoms with Crippen molar-refractivity contribution in [2.75, 3.05) is 32.8 Å². The number of nitrogens with zero attached hydrogens (tertiary/aromatic N) is 1. The second-order valence-corrected chi connectivity index (χ2v) is 9.41. The number of nitrogens with one attached hydrogen (secondary N) is 1. The highest BCUT2D eigenvalue weighted by Crippen LogP contribution is 2.57. The minimum absolute atomic E-state index is 0.290. The average Bonchev–Trinajstić information content (AvgIpc) is 3.23. The zero-order chi connectivity index (χ0) is 18.6. The fraction of sp³-hybridized carbons (Fsp3) is 0.909. The van der Waals surface area contributed by atoms with E-state index in [-0.39, 0.29) is 6.23 Å². The molecule has 1 heterocycles. The quantitative estimate of drug-likeness (QED) is 0.351. The number of hydrogen-bond acceptors (Lipinski definition) is 4. The first-order chi connectivity index (χ1) is 13.2. The van der Waals surface area contributed by atoms with Crippen LogP contribution in [0.4, 0.5) is 0 Å².